The summed E-state index contributed by atoms with van der Waals surface area (Å²) in [5.41, 5.74) is 1.93. The molecule has 2 rings (SSSR count). The van der Waals surface area contributed by atoms with Gasteiger partial charge in [0.1, 0.15) is 16.0 Å². The fourth-order valence-corrected chi connectivity index (χ4v) is 2.82. The molecule has 0 bridgehead atoms. The second-order valence-corrected chi connectivity index (χ2v) is 5.32. The van der Waals surface area contributed by atoms with Crippen LogP contribution < -0.4 is 0 Å². The van der Waals surface area contributed by atoms with Crippen molar-refractivity contribution >= 4 is 29.9 Å². The van der Waals surface area contributed by atoms with Crippen LogP contribution in [0.15, 0.2) is 29.2 Å². The molecule has 0 aliphatic carbocycles. The normalized spacial score (nSPS) is 10.3. The molecule has 0 saturated carbocycles. The fourth-order valence-electron chi connectivity index (χ4n) is 1.90. The van der Waals surface area contributed by atoms with Crippen molar-refractivity contribution < 1.29 is 9.53 Å². The molecule has 2 aromatic rings. The van der Waals surface area contributed by atoms with Crippen LogP contribution in [-0.4, -0.2) is 29.3 Å². The summed E-state index contributed by atoms with van der Waals surface area (Å²) in [5.74, 6) is 0.186. The molecular weight excluding hydrogens is 292 g/mol. The van der Waals surface area contributed by atoms with Gasteiger partial charge in [-0.2, -0.15) is 0 Å². The number of esters is 1. The Morgan fingerprint density at radius 3 is 2.70 bits per heavy atom. The molecular formula is C14H14N2O2S2. The highest BCUT2D eigenvalue weighted by atomic mass is 32.2. The number of ether oxygens (including phenoxy) is 1. The Bertz CT molecular complexity index is 711. The maximum atomic E-state index is 11.7. The van der Waals surface area contributed by atoms with Crippen LogP contribution in [-0.2, 0) is 4.74 Å². The van der Waals surface area contributed by atoms with Gasteiger partial charge in [0.05, 0.1) is 7.11 Å². The van der Waals surface area contributed by atoms with E-state index in [1.807, 2.05) is 30.5 Å². The molecule has 0 saturated heterocycles. The number of aromatic nitrogens is 2. The lowest BCUT2D eigenvalue weighted by atomic mass is 10.2. The van der Waals surface area contributed by atoms with Gasteiger partial charge in [0, 0.05) is 16.2 Å². The lowest BCUT2D eigenvalue weighted by Crippen LogP contribution is -2.09. The Hall–Kier alpha value is -1.66. The summed E-state index contributed by atoms with van der Waals surface area (Å²) in [6.07, 6.45) is 2.00. The Balaban J connectivity index is 2.61. The molecule has 1 aromatic carbocycles. The number of aromatic amines is 1. The van der Waals surface area contributed by atoms with Gasteiger partial charge in [-0.05, 0) is 19.2 Å². The number of thioether (sulfide) groups is 1. The van der Waals surface area contributed by atoms with E-state index in [1.165, 1.54) is 7.11 Å². The van der Waals surface area contributed by atoms with Crippen molar-refractivity contribution in [2.45, 2.75) is 11.8 Å². The molecule has 0 radical (unpaired) electrons. The quantitative estimate of drug-likeness (QED) is 0.533. The third-order valence-corrected chi connectivity index (χ3v) is 3.95. The van der Waals surface area contributed by atoms with E-state index < -0.39 is 5.97 Å². The SMILES string of the molecule is COC(=O)c1c(C)[nH]c(-c2ccccc2SC)nc1=S. The third kappa shape index (κ3) is 2.76. The van der Waals surface area contributed by atoms with Crippen LogP contribution in [0.4, 0.5) is 0 Å². The highest BCUT2D eigenvalue weighted by Crippen LogP contribution is 2.28. The smallest absolute Gasteiger partial charge is 0.342 e. The minimum absolute atomic E-state index is 0.249. The molecule has 104 valence electrons. The molecule has 1 aromatic heterocycles. The Morgan fingerprint density at radius 1 is 1.40 bits per heavy atom. The van der Waals surface area contributed by atoms with Crippen LogP contribution in [0.2, 0.25) is 0 Å². The van der Waals surface area contributed by atoms with E-state index in [0.29, 0.717) is 17.1 Å². The Labute approximate surface area is 126 Å². The van der Waals surface area contributed by atoms with E-state index >= 15 is 0 Å². The second-order valence-electron chi connectivity index (χ2n) is 4.08. The number of H-pyrrole nitrogens is 1. The monoisotopic (exact) mass is 306 g/mol. The average Bonchev–Trinajstić information content (AvgIpc) is 2.46. The van der Waals surface area contributed by atoms with Crippen LogP contribution in [0.5, 0.6) is 0 Å². The molecule has 0 aliphatic heterocycles. The van der Waals surface area contributed by atoms with Crippen LogP contribution in [0.1, 0.15) is 16.1 Å². The first-order valence-electron chi connectivity index (χ1n) is 5.91. The predicted molar refractivity (Wildman–Crippen MR) is 82.7 cm³/mol. The number of carbonyl (C=O) groups is 1. The maximum Gasteiger partial charge on any atom is 0.342 e. The molecule has 0 amide bonds. The largest absolute Gasteiger partial charge is 0.465 e. The van der Waals surface area contributed by atoms with E-state index in [4.69, 9.17) is 17.0 Å². The van der Waals surface area contributed by atoms with Crippen molar-refractivity contribution in [3.63, 3.8) is 0 Å². The van der Waals surface area contributed by atoms with E-state index in [9.17, 15) is 4.79 Å². The summed E-state index contributed by atoms with van der Waals surface area (Å²) in [6.45, 7) is 1.79. The van der Waals surface area contributed by atoms with Crippen LogP contribution in [0.3, 0.4) is 0 Å². The first-order valence-corrected chi connectivity index (χ1v) is 7.54. The molecule has 0 unspecified atom stereocenters. The van der Waals surface area contributed by atoms with Crippen molar-refractivity contribution in [1.29, 1.82) is 0 Å². The van der Waals surface area contributed by atoms with Crippen molar-refractivity contribution in [1.82, 2.24) is 9.97 Å². The molecule has 0 aliphatic rings. The lowest BCUT2D eigenvalue weighted by molar-refractivity contribution is 0.0598. The van der Waals surface area contributed by atoms with Gasteiger partial charge in [-0.25, -0.2) is 9.78 Å². The average molecular weight is 306 g/mol. The summed E-state index contributed by atoms with van der Waals surface area (Å²) < 4.78 is 4.97. The molecule has 0 atom stereocenters. The molecule has 0 fully saturated rings. The predicted octanol–water partition coefficient (Wildman–Crippen LogP) is 3.62. The van der Waals surface area contributed by atoms with Crippen molar-refractivity contribution in [3.8, 4) is 11.4 Å². The number of nitrogens with one attached hydrogen (secondary N) is 1. The third-order valence-electron chi connectivity index (χ3n) is 2.86. The van der Waals surface area contributed by atoms with Gasteiger partial charge in [0.15, 0.2) is 0 Å². The van der Waals surface area contributed by atoms with E-state index in [0.717, 1.165) is 10.5 Å². The number of aryl methyl sites for hydroxylation is 1. The number of benzene rings is 1. The van der Waals surface area contributed by atoms with Crippen molar-refractivity contribution in [2.24, 2.45) is 0 Å². The van der Waals surface area contributed by atoms with E-state index in [1.54, 1.807) is 18.7 Å². The first kappa shape index (κ1) is 14.7. The summed E-state index contributed by atoms with van der Waals surface area (Å²) in [5, 5.41) is 0. The van der Waals surface area contributed by atoms with Gasteiger partial charge in [-0.1, -0.05) is 30.4 Å². The van der Waals surface area contributed by atoms with Crippen molar-refractivity contribution in [2.75, 3.05) is 13.4 Å². The Kier molecular flexibility index (Phi) is 4.57. The number of hydrogen-bond acceptors (Lipinski definition) is 5. The van der Waals surface area contributed by atoms with Gasteiger partial charge in [0.25, 0.3) is 0 Å². The van der Waals surface area contributed by atoms with Crippen LogP contribution >= 0.6 is 24.0 Å². The maximum absolute atomic E-state index is 11.7. The zero-order valence-corrected chi connectivity index (χ0v) is 13.0. The van der Waals surface area contributed by atoms with Crippen LogP contribution in [0.25, 0.3) is 11.4 Å². The standard InChI is InChI=1S/C14H14N2O2S2/c1-8-11(14(17)18-2)13(19)16-12(15-8)9-6-4-5-7-10(9)20-3/h4-7H,1-3H3,(H,15,16,19). The van der Waals surface area contributed by atoms with Gasteiger partial charge in [-0.3, -0.25) is 0 Å². The van der Waals surface area contributed by atoms with Crippen molar-refractivity contribution in [3.05, 3.63) is 40.2 Å². The number of rotatable bonds is 3. The summed E-state index contributed by atoms with van der Waals surface area (Å²) >= 11 is 6.84. The van der Waals surface area contributed by atoms with Crippen LogP contribution in [0, 0.1) is 11.6 Å². The number of hydrogen-bond donors (Lipinski definition) is 1. The second kappa shape index (κ2) is 6.19. The van der Waals surface area contributed by atoms with Gasteiger partial charge in [-0.15, -0.1) is 11.8 Å². The summed E-state index contributed by atoms with van der Waals surface area (Å²) in [7, 11) is 1.33. The minimum atomic E-state index is -0.471. The van der Waals surface area contributed by atoms with Gasteiger partial charge in [0.2, 0.25) is 0 Å². The lowest BCUT2D eigenvalue weighted by Gasteiger charge is -2.10. The highest BCUT2D eigenvalue weighted by Gasteiger charge is 2.15. The summed E-state index contributed by atoms with van der Waals surface area (Å²) in [6, 6.07) is 7.90. The summed E-state index contributed by atoms with van der Waals surface area (Å²) in [4.78, 5) is 20.2. The minimum Gasteiger partial charge on any atom is -0.465 e. The molecule has 6 heteroatoms. The molecule has 1 heterocycles. The van der Waals surface area contributed by atoms with Gasteiger partial charge < -0.3 is 9.72 Å². The molecule has 1 N–H and O–H groups in total. The first-order chi connectivity index (χ1) is 9.58. The fraction of sp³-hybridized carbons (Fsp3) is 0.214. The number of methoxy groups -OCH3 is 1. The molecule has 4 nitrogen and oxygen atoms in total. The zero-order valence-electron chi connectivity index (χ0n) is 11.4. The highest BCUT2D eigenvalue weighted by molar-refractivity contribution is 7.98. The zero-order chi connectivity index (χ0) is 14.7. The topological polar surface area (TPSA) is 55.0 Å². The number of carbonyl (C=O) groups excluding carboxylic acids is 1. The van der Waals surface area contributed by atoms with E-state index in [2.05, 4.69) is 9.97 Å². The van der Waals surface area contributed by atoms with Gasteiger partial charge >= 0.3 is 5.97 Å². The molecule has 20 heavy (non-hydrogen) atoms. The Morgan fingerprint density at radius 2 is 2.10 bits per heavy atom. The molecule has 0 spiro atoms. The number of nitrogens with zero attached hydrogens (tertiary/aromatic N) is 1. The van der Waals surface area contributed by atoms with E-state index in [-0.39, 0.29) is 4.64 Å².